The van der Waals surface area contributed by atoms with Crippen molar-refractivity contribution in [2.45, 2.75) is 76.9 Å². The zero-order valence-corrected chi connectivity index (χ0v) is 18.9. The van der Waals surface area contributed by atoms with Crippen molar-refractivity contribution in [3.05, 3.63) is 22.7 Å². The molecule has 0 bridgehead atoms. The fourth-order valence-electron chi connectivity index (χ4n) is 2.96. The molecule has 2 N–H and O–H groups in total. The van der Waals surface area contributed by atoms with Crippen LogP contribution in [0.25, 0.3) is 0 Å². The molecule has 0 aliphatic carbocycles. The lowest BCUT2D eigenvalue weighted by Crippen LogP contribution is -2.45. The molecule has 0 saturated carbocycles. The zero-order valence-electron chi connectivity index (χ0n) is 18.9. The van der Waals surface area contributed by atoms with E-state index in [1.807, 2.05) is 6.92 Å². The van der Waals surface area contributed by atoms with Crippen molar-refractivity contribution in [3.8, 4) is 0 Å². The van der Waals surface area contributed by atoms with Crippen LogP contribution < -0.4 is 11.0 Å². The first-order valence-corrected chi connectivity index (χ1v) is 10.5. The van der Waals surface area contributed by atoms with Gasteiger partial charge < -0.3 is 24.1 Å². The number of amides is 1. The third-order valence-corrected chi connectivity index (χ3v) is 4.44. The number of anilines is 1. The van der Waals surface area contributed by atoms with E-state index in [1.165, 1.54) is 20.8 Å². The first-order chi connectivity index (χ1) is 15.4. The molecule has 1 aromatic heterocycles. The molecule has 3 atom stereocenters. The Morgan fingerprint density at radius 2 is 2.03 bits per heavy atom. The van der Waals surface area contributed by atoms with Crippen molar-refractivity contribution < 1.29 is 42.4 Å². The summed E-state index contributed by atoms with van der Waals surface area (Å²) in [5, 5.41) is 11.7. The summed E-state index contributed by atoms with van der Waals surface area (Å²) in [5.74, 6) is -4.12. The van der Waals surface area contributed by atoms with Crippen LogP contribution in [0.1, 0.15) is 53.2 Å². The molecule has 0 radical (unpaired) electrons. The number of aliphatic hydroxyl groups excluding tert-OH is 1. The highest BCUT2D eigenvalue weighted by Gasteiger charge is 2.62. The van der Waals surface area contributed by atoms with Crippen LogP contribution in [0.4, 0.5) is 24.2 Å². The van der Waals surface area contributed by atoms with Crippen molar-refractivity contribution in [1.82, 2.24) is 9.55 Å². The Morgan fingerprint density at radius 3 is 2.61 bits per heavy atom. The molecule has 1 saturated heterocycles. The molecule has 1 amide bonds. The number of hydrogen-bond acceptors (Lipinski definition) is 9. The fraction of sp³-hybridized carbons (Fsp3) is 0.700. The fourth-order valence-corrected chi connectivity index (χ4v) is 2.96. The van der Waals surface area contributed by atoms with Crippen LogP contribution in [-0.4, -0.2) is 63.9 Å². The van der Waals surface area contributed by atoms with E-state index in [1.54, 1.807) is 0 Å². The van der Waals surface area contributed by atoms with Crippen LogP contribution in [-0.2, 0) is 18.9 Å². The molecule has 1 aliphatic rings. The predicted octanol–water partition coefficient (Wildman–Crippen LogP) is 2.83. The van der Waals surface area contributed by atoms with Crippen molar-refractivity contribution in [2.75, 3.05) is 18.5 Å². The first kappa shape index (κ1) is 26.5. The summed E-state index contributed by atoms with van der Waals surface area (Å²) >= 11 is 0. The van der Waals surface area contributed by atoms with Gasteiger partial charge in [-0.2, -0.15) is 13.8 Å². The molecule has 1 aliphatic heterocycles. The van der Waals surface area contributed by atoms with Gasteiger partial charge in [-0.1, -0.05) is 19.8 Å². The number of unbranched alkanes of at least 4 members (excludes halogenated alkanes) is 2. The number of ether oxygens (including phenoxy) is 4. The van der Waals surface area contributed by atoms with Gasteiger partial charge in [0.2, 0.25) is 12.3 Å². The van der Waals surface area contributed by atoms with E-state index in [-0.39, 0.29) is 12.4 Å². The van der Waals surface area contributed by atoms with E-state index in [2.05, 4.69) is 10.3 Å². The summed E-state index contributed by atoms with van der Waals surface area (Å²) in [6, 6.07) is 1.10. The molecule has 0 spiro atoms. The Balaban J connectivity index is 2.13. The van der Waals surface area contributed by atoms with Crippen LogP contribution in [0, 0.1) is 0 Å². The van der Waals surface area contributed by atoms with Crippen molar-refractivity contribution in [3.63, 3.8) is 0 Å². The van der Waals surface area contributed by atoms with Crippen LogP contribution in [0.3, 0.4) is 0 Å². The van der Waals surface area contributed by atoms with E-state index >= 15 is 8.78 Å². The Hall–Kier alpha value is -2.80. The lowest BCUT2D eigenvalue weighted by Gasteiger charge is -2.25. The number of hydrogen-bond donors (Lipinski definition) is 2. The first-order valence-electron chi connectivity index (χ1n) is 10.5. The largest absolute Gasteiger partial charge is 0.509 e. The lowest BCUT2D eigenvalue weighted by molar-refractivity contribution is -0.149. The second-order valence-corrected chi connectivity index (χ2v) is 8.36. The number of halogens is 2. The van der Waals surface area contributed by atoms with Gasteiger partial charge in [0.1, 0.15) is 17.5 Å². The van der Waals surface area contributed by atoms with Gasteiger partial charge in [0.15, 0.2) is 0 Å². The number of alkyl halides is 2. The average Bonchev–Trinajstić information content (AvgIpc) is 2.94. The Kier molecular flexibility index (Phi) is 8.72. The van der Waals surface area contributed by atoms with Gasteiger partial charge in [0.25, 0.3) is 0 Å². The van der Waals surface area contributed by atoms with Gasteiger partial charge in [-0.15, -0.1) is 0 Å². The zero-order chi connectivity index (χ0) is 24.8. The van der Waals surface area contributed by atoms with E-state index in [0.717, 1.165) is 25.1 Å². The predicted molar refractivity (Wildman–Crippen MR) is 110 cm³/mol. The minimum atomic E-state index is -3.91. The summed E-state index contributed by atoms with van der Waals surface area (Å²) in [5.41, 5.74) is -2.17. The highest BCUT2D eigenvalue weighted by molar-refractivity contribution is 5.83. The molecule has 0 aromatic carbocycles. The molecular weight excluding hydrogens is 448 g/mol. The molecule has 33 heavy (non-hydrogen) atoms. The standard InChI is InChI=1S/C20H29F2N3O8/c1-5-6-7-10-30-17(28)24-13-8-9-25(16(27)23-13)15-20(21,22)14(12(11-26)31-15)32-18(29)33-19(2,3)4/h8-9,12,14-15,26H,5-7,10-11H2,1-4H3,(H,23,24,27,28)/t12-,14-,15-/m1/s1. The maximum atomic E-state index is 15.0. The number of carbonyl (C=O) groups excluding carboxylic acids is 2. The number of nitrogens with one attached hydrogen (secondary N) is 1. The number of nitrogens with zero attached hydrogens (tertiary/aromatic N) is 2. The SMILES string of the molecule is CCCCCOC(=O)Nc1ccn([C@@H]2O[C@H](CO)[C@@H](OC(=O)OC(C)(C)C)C2(F)F)c(=O)n1. The highest BCUT2D eigenvalue weighted by Crippen LogP contribution is 2.44. The molecule has 0 unspecified atom stereocenters. The molecule has 2 rings (SSSR count). The van der Waals surface area contributed by atoms with Gasteiger partial charge in [-0.3, -0.25) is 9.88 Å². The van der Waals surface area contributed by atoms with E-state index in [4.69, 9.17) is 18.9 Å². The van der Waals surface area contributed by atoms with Crippen LogP contribution >= 0.6 is 0 Å². The van der Waals surface area contributed by atoms with Gasteiger partial charge in [-0.05, 0) is 33.3 Å². The molecule has 2 heterocycles. The van der Waals surface area contributed by atoms with Gasteiger partial charge in [-0.25, -0.2) is 14.4 Å². The molecule has 13 heteroatoms. The monoisotopic (exact) mass is 477 g/mol. The third-order valence-electron chi connectivity index (χ3n) is 4.44. The second kappa shape index (κ2) is 10.9. The second-order valence-electron chi connectivity index (χ2n) is 8.36. The third kappa shape index (κ3) is 7.09. The van der Waals surface area contributed by atoms with Gasteiger partial charge in [0, 0.05) is 6.20 Å². The number of aromatic nitrogens is 2. The minimum Gasteiger partial charge on any atom is -0.449 e. The Morgan fingerprint density at radius 1 is 1.33 bits per heavy atom. The summed E-state index contributed by atoms with van der Waals surface area (Å²) in [7, 11) is 0. The number of rotatable bonds is 8. The maximum Gasteiger partial charge on any atom is 0.509 e. The van der Waals surface area contributed by atoms with E-state index < -0.39 is 54.5 Å². The smallest absolute Gasteiger partial charge is 0.449 e. The lowest BCUT2D eigenvalue weighted by atomic mass is 10.1. The van der Waals surface area contributed by atoms with Gasteiger partial charge in [0.05, 0.1) is 13.2 Å². The minimum absolute atomic E-state index is 0.181. The van der Waals surface area contributed by atoms with Gasteiger partial charge >= 0.3 is 23.9 Å². The topological polar surface area (TPSA) is 138 Å². The molecule has 186 valence electrons. The quantitative estimate of drug-likeness (QED) is 0.427. The van der Waals surface area contributed by atoms with E-state index in [9.17, 15) is 19.5 Å². The normalized spacial score (nSPS) is 22.0. The summed E-state index contributed by atoms with van der Waals surface area (Å²) in [4.78, 5) is 39.5. The van der Waals surface area contributed by atoms with Crippen molar-refractivity contribution in [2.24, 2.45) is 0 Å². The maximum absolute atomic E-state index is 15.0. The molecule has 1 fully saturated rings. The molecule has 1 aromatic rings. The molecular formula is C20H29F2N3O8. The highest BCUT2D eigenvalue weighted by atomic mass is 19.3. The number of aliphatic hydroxyl groups is 1. The summed E-state index contributed by atoms with van der Waals surface area (Å²) in [6.07, 6.45) is -4.86. The Labute approximate surface area is 189 Å². The van der Waals surface area contributed by atoms with Crippen LogP contribution in [0.15, 0.2) is 17.1 Å². The molecule has 11 nitrogen and oxygen atoms in total. The summed E-state index contributed by atoms with van der Waals surface area (Å²) < 4.78 is 50.2. The van der Waals surface area contributed by atoms with Crippen molar-refractivity contribution in [1.29, 1.82) is 0 Å². The summed E-state index contributed by atoms with van der Waals surface area (Å²) in [6.45, 7) is 5.82. The van der Waals surface area contributed by atoms with Crippen molar-refractivity contribution >= 4 is 18.1 Å². The van der Waals surface area contributed by atoms with Crippen LogP contribution in [0.2, 0.25) is 0 Å². The number of carbonyl (C=O) groups is 2. The average molecular weight is 477 g/mol. The Bertz CT molecular complexity index is 887. The van der Waals surface area contributed by atoms with E-state index in [0.29, 0.717) is 11.0 Å². The van der Waals surface area contributed by atoms with Crippen LogP contribution in [0.5, 0.6) is 0 Å².